The molecule has 0 saturated carbocycles. The van der Waals surface area contributed by atoms with E-state index in [1.807, 2.05) is 24.2 Å². The van der Waals surface area contributed by atoms with Crippen LogP contribution in [-0.4, -0.2) is 21.1 Å². The van der Waals surface area contributed by atoms with Crippen LogP contribution in [0.15, 0.2) is 12.4 Å². The van der Waals surface area contributed by atoms with Gasteiger partial charge in [-0.3, -0.25) is 5.84 Å². The summed E-state index contributed by atoms with van der Waals surface area (Å²) in [7, 11) is 0. The van der Waals surface area contributed by atoms with E-state index in [0.717, 1.165) is 18.8 Å². The van der Waals surface area contributed by atoms with Crippen molar-refractivity contribution in [2.75, 3.05) is 11.5 Å². The third-order valence-electron chi connectivity index (χ3n) is 3.11. The molecule has 3 N–H and O–H groups in total. The van der Waals surface area contributed by atoms with Crippen molar-refractivity contribution < 1.29 is 0 Å². The van der Waals surface area contributed by atoms with E-state index in [-0.39, 0.29) is 6.04 Å². The second-order valence-corrected chi connectivity index (χ2v) is 5.40. The van der Waals surface area contributed by atoms with Crippen molar-refractivity contribution in [3.63, 3.8) is 0 Å². The fraction of sp³-hybridized carbons (Fsp3) is 0.727. The van der Waals surface area contributed by atoms with Gasteiger partial charge in [0.25, 0.3) is 0 Å². The molecule has 0 radical (unpaired) electrons. The minimum absolute atomic E-state index is 0.205. The summed E-state index contributed by atoms with van der Waals surface area (Å²) in [5, 5.41) is 0. The largest absolute Gasteiger partial charge is 0.334 e. The fourth-order valence-electron chi connectivity index (χ4n) is 2.27. The molecule has 2 unspecified atom stereocenters. The molecule has 1 aliphatic heterocycles. The van der Waals surface area contributed by atoms with Crippen molar-refractivity contribution in [2.24, 2.45) is 11.8 Å². The van der Waals surface area contributed by atoms with Crippen LogP contribution in [0.2, 0.25) is 0 Å². The van der Waals surface area contributed by atoms with Crippen LogP contribution < -0.4 is 11.3 Å². The van der Waals surface area contributed by atoms with E-state index in [2.05, 4.69) is 21.9 Å². The molecule has 5 heteroatoms. The van der Waals surface area contributed by atoms with Gasteiger partial charge in [-0.15, -0.1) is 0 Å². The Hall–Kier alpha value is -0.520. The zero-order chi connectivity index (χ0) is 11.4. The number of aryl methyl sites for hydroxylation is 1. The third-order valence-corrected chi connectivity index (χ3v) is 4.29. The maximum Gasteiger partial charge on any atom is 0.127 e. The summed E-state index contributed by atoms with van der Waals surface area (Å²) in [5.41, 5.74) is 2.95. The Morgan fingerprint density at radius 3 is 3.25 bits per heavy atom. The Bertz CT molecular complexity index is 320. The topological polar surface area (TPSA) is 55.9 Å². The molecule has 16 heavy (non-hydrogen) atoms. The van der Waals surface area contributed by atoms with Gasteiger partial charge in [0.05, 0.1) is 6.04 Å². The normalized spacial score (nSPS) is 22.5. The molecule has 4 nitrogen and oxygen atoms in total. The van der Waals surface area contributed by atoms with Crippen molar-refractivity contribution in [3.8, 4) is 0 Å². The number of nitrogens with one attached hydrogen (secondary N) is 1. The summed E-state index contributed by atoms with van der Waals surface area (Å²) >= 11 is 2.01. The van der Waals surface area contributed by atoms with Gasteiger partial charge >= 0.3 is 0 Å². The molecular formula is C11H20N4S. The lowest BCUT2D eigenvalue weighted by Gasteiger charge is -2.22. The zero-order valence-electron chi connectivity index (χ0n) is 9.72. The number of nitrogens with zero attached hydrogens (tertiary/aromatic N) is 2. The van der Waals surface area contributed by atoms with E-state index in [0.29, 0.717) is 5.92 Å². The molecule has 1 aromatic rings. The van der Waals surface area contributed by atoms with Gasteiger partial charge in [0.15, 0.2) is 0 Å². The van der Waals surface area contributed by atoms with Crippen LogP contribution in [0.3, 0.4) is 0 Å². The number of thioether (sulfide) groups is 1. The van der Waals surface area contributed by atoms with Gasteiger partial charge < -0.3 is 4.57 Å². The van der Waals surface area contributed by atoms with Crippen LogP contribution >= 0.6 is 11.8 Å². The Morgan fingerprint density at radius 2 is 2.62 bits per heavy atom. The first-order chi connectivity index (χ1) is 7.86. The minimum atomic E-state index is 0.205. The molecule has 0 spiro atoms. The molecule has 0 amide bonds. The first kappa shape index (κ1) is 12.0. The second-order valence-electron chi connectivity index (χ2n) is 4.25. The first-order valence-corrected chi connectivity index (χ1v) is 7.07. The summed E-state index contributed by atoms with van der Waals surface area (Å²) in [5.74, 6) is 9.84. The van der Waals surface area contributed by atoms with Gasteiger partial charge in [0.1, 0.15) is 5.82 Å². The average molecular weight is 240 g/mol. The Kier molecular flexibility index (Phi) is 4.26. The maximum absolute atomic E-state index is 5.70. The molecule has 1 fully saturated rings. The number of rotatable bonds is 5. The summed E-state index contributed by atoms with van der Waals surface area (Å²) in [6, 6.07) is 0.205. The molecule has 90 valence electrons. The lowest BCUT2D eigenvalue weighted by molar-refractivity contribution is 0.370. The summed E-state index contributed by atoms with van der Waals surface area (Å²) in [6.45, 7) is 3.20. The van der Waals surface area contributed by atoms with Crippen LogP contribution in [0, 0.1) is 5.92 Å². The quantitative estimate of drug-likeness (QED) is 0.605. The highest BCUT2D eigenvalue weighted by molar-refractivity contribution is 7.99. The molecular weight excluding hydrogens is 220 g/mol. The average Bonchev–Trinajstić information content (AvgIpc) is 2.92. The number of imidazole rings is 1. The smallest absolute Gasteiger partial charge is 0.127 e. The molecule has 2 heterocycles. The molecule has 0 aromatic carbocycles. The fourth-order valence-corrected chi connectivity index (χ4v) is 3.56. The lowest BCUT2D eigenvalue weighted by Crippen LogP contribution is -2.35. The van der Waals surface area contributed by atoms with Gasteiger partial charge in [-0.2, -0.15) is 11.8 Å². The van der Waals surface area contributed by atoms with Gasteiger partial charge in [0, 0.05) is 18.9 Å². The van der Waals surface area contributed by atoms with Crippen LogP contribution in [-0.2, 0) is 6.54 Å². The van der Waals surface area contributed by atoms with Crippen molar-refractivity contribution in [1.29, 1.82) is 0 Å². The molecule has 2 rings (SSSR count). The van der Waals surface area contributed by atoms with E-state index >= 15 is 0 Å². The van der Waals surface area contributed by atoms with E-state index in [4.69, 9.17) is 5.84 Å². The highest BCUT2D eigenvalue weighted by Gasteiger charge is 2.28. The highest BCUT2D eigenvalue weighted by Crippen LogP contribution is 2.33. The third kappa shape index (κ3) is 2.42. The Labute approximate surface area is 101 Å². The predicted molar refractivity (Wildman–Crippen MR) is 68.0 cm³/mol. The van der Waals surface area contributed by atoms with E-state index in [1.165, 1.54) is 17.9 Å². The standard InChI is InChI=1S/C11H20N4S/c1-2-5-15-6-4-13-11(15)10(14-12)9-3-7-16-8-9/h4,6,9-10,14H,2-3,5,7-8,12H2,1H3. The van der Waals surface area contributed by atoms with Gasteiger partial charge in [0.2, 0.25) is 0 Å². The lowest BCUT2D eigenvalue weighted by atomic mass is 9.99. The molecule has 1 aliphatic rings. The van der Waals surface area contributed by atoms with Crippen molar-refractivity contribution in [2.45, 2.75) is 32.4 Å². The molecule has 1 saturated heterocycles. The van der Waals surface area contributed by atoms with Crippen LogP contribution in [0.1, 0.15) is 31.6 Å². The molecule has 1 aromatic heterocycles. The summed E-state index contributed by atoms with van der Waals surface area (Å²) < 4.78 is 2.22. The Balaban J connectivity index is 2.15. The summed E-state index contributed by atoms with van der Waals surface area (Å²) in [6.07, 6.45) is 6.28. The van der Waals surface area contributed by atoms with E-state index in [9.17, 15) is 0 Å². The zero-order valence-corrected chi connectivity index (χ0v) is 10.5. The number of hydrazine groups is 1. The van der Waals surface area contributed by atoms with E-state index < -0.39 is 0 Å². The second kappa shape index (κ2) is 5.70. The van der Waals surface area contributed by atoms with Gasteiger partial charge in [-0.25, -0.2) is 10.4 Å². The number of nitrogens with two attached hydrogens (primary N) is 1. The van der Waals surface area contributed by atoms with Gasteiger partial charge in [-0.05, 0) is 30.3 Å². The predicted octanol–water partition coefficient (Wildman–Crippen LogP) is 1.55. The molecule has 2 atom stereocenters. The van der Waals surface area contributed by atoms with Gasteiger partial charge in [-0.1, -0.05) is 6.92 Å². The van der Waals surface area contributed by atoms with Crippen molar-refractivity contribution in [3.05, 3.63) is 18.2 Å². The number of hydrogen-bond acceptors (Lipinski definition) is 4. The first-order valence-electron chi connectivity index (χ1n) is 5.91. The molecule has 0 aliphatic carbocycles. The summed E-state index contributed by atoms with van der Waals surface area (Å²) in [4.78, 5) is 4.46. The maximum atomic E-state index is 5.70. The SMILES string of the molecule is CCCn1ccnc1C(NN)C1CCSC1. The number of aromatic nitrogens is 2. The van der Waals surface area contributed by atoms with Crippen molar-refractivity contribution in [1.82, 2.24) is 15.0 Å². The van der Waals surface area contributed by atoms with Crippen LogP contribution in [0.25, 0.3) is 0 Å². The van der Waals surface area contributed by atoms with Crippen LogP contribution in [0.5, 0.6) is 0 Å². The minimum Gasteiger partial charge on any atom is -0.334 e. The molecule has 0 bridgehead atoms. The van der Waals surface area contributed by atoms with Crippen molar-refractivity contribution >= 4 is 11.8 Å². The number of hydrogen-bond donors (Lipinski definition) is 2. The Morgan fingerprint density at radius 1 is 1.75 bits per heavy atom. The van der Waals surface area contributed by atoms with Crippen LogP contribution in [0.4, 0.5) is 0 Å². The highest BCUT2D eigenvalue weighted by atomic mass is 32.2. The monoisotopic (exact) mass is 240 g/mol. The van der Waals surface area contributed by atoms with E-state index in [1.54, 1.807) is 0 Å².